The molecule has 8 nitrogen and oxygen atoms in total. The number of hydrogen-bond acceptors (Lipinski definition) is 8. The lowest BCUT2D eigenvalue weighted by molar-refractivity contribution is -0.150. The Balaban J connectivity index is 1.59. The van der Waals surface area contributed by atoms with Gasteiger partial charge < -0.3 is 13.8 Å². The number of thiazole rings is 1. The van der Waals surface area contributed by atoms with Crippen molar-refractivity contribution in [3.05, 3.63) is 51.2 Å². The number of pyridine rings is 1. The van der Waals surface area contributed by atoms with E-state index in [2.05, 4.69) is 15.1 Å². The SMILES string of the molecule is Cc1csc(=O)n1CCC(=O)OC(C)c1nc(-c2cccnc2)no1. The molecule has 3 aromatic heterocycles. The average molecular weight is 360 g/mol. The van der Waals surface area contributed by atoms with Crippen molar-refractivity contribution >= 4 is 17.3 Å². The molecule has 3 rings (SSSR count). The average Bonchev–Trinajstić information content (AvgIpc) is 3.22. The molecule has 0 aromatic carbocycles. The van der Waals surface area contributed by atoms with Gasteiger partial charge in [0, 0.05) is 35.6 Å². The number of hydrogen-bond donors (Lipinski definition) is 0. The van der Waals surface area contributed by atoms with Gasteiger partial charge in [-0.2, -0.15) is 4.98 Å². The van der Waals surface area contributed by atoms with E-state index in [4.69, 9.17) is 9.26 Å². The molecular weight excluding hydrogens is 344 g/mol. The van der Waals surface area contributed by atoms with Crippen molar-refractivity contribution in [3.8, 4) is 11.4 Å². The molecule has 0 fully saturated rings. The summed E-state index contributed by atoms with van der Waals surface area (Å²) in [5.41, 5.74) is 1.54. The molecule has 3 heterocycles. The predicted octanol–water partition coefficient (Wildman–Crippen LogP) is 2.36. The van der Waals surface area contributed by atoms with E-state index in [1.807, 2.05) is 6.92 Å². The summed E-state index contributed by atoms with van der Waals surface area (Å²) in [5, 5.41) is 5.62. The summed E-state index contributed by atoms with van der Waals surface area (Å²) in [7, 11) is 0. The van der Waals surface area contributed by atoms with Gasteiger partial charge >= 0.3 is 10.8 Å². The van der Waals surface area contributed by atoms with Crippen molar-refractivity contribution in [1.29, 1.82) is 0 Å². The smallest absolute Gasteiger partial charge is 0.308 e. The van der Waals surface area contributed by atoms with E-state index in [9.17, 15) is 9.59 Å². The molecule has 3 aromatic rings. The number of carbonyl (C=O) groups excluding carboxylic acids is 1. The maximum atomic E-state index is 12.0. The lowest BCUT2D eigenvalue weighted by atomic mass is 10.3. The highest BCUT2D eigenvalue weighted by atomic mass is 32.1. The van der Waals surface area contributed by atoms with Gasteiger partial charge in [0.25, 0.3) is 5.89 Å². The van der Waals surface area contributed by atoms with Crippen molar-refractivity contribution in [2.45, 2.75) is 32.9 Å². The predicted molar refractivity (Wildman–Crippen MR) is 90.0 cm³/mol. The standard InChI is InChI=1S/C16H16N4O4S/c1-10-9-25-16(22)20(10)7-5-13(21)23-11(2)15-18-14(19-24-15)12-4-3-6-17-8-12/h3-4,6,8-9,11H,5,7H2,1-2H3. The highest BCUT2D eigenvalue weighted by Gasteiger charge is 2.19. The minimum Gasteiger partial charge on any atom is -0.452 e. The molecule has 9 heteroatoms. The fourth-order valence-corrected chi connectivity index (χ4v) is 2.96. The van der Waals surface area contributed by atoms with E-state index >= 15 is 0 Å². The molecule has 0 saturated carbocycles. The first-order valence-electron chi connectivity index (χ1n) is 7.63. The summed E-state index contributed by atoms with van der Waals surface area (Å²) in [6.07, 6.45) is 2.68. The highest BCUT2D eigenvalue weighted by Crippen LogP contribution is 2.20. The van der Waals surface area contributed by atoms with E-state index in [0.29, 0.717) is 11.4 Å². The van der Waals surface area contributed by atoms with E-state index in [1.165, 1.54) is 0 Å². The zero-order valence-corrected chi connectivity index (χ0v) is 14.5. The van der Waals surface area contributed by atoms with Crippen LogP contribution in [0.1, 0.15) is 31.0 Å². The van der Waals surface area contributed by atoms with Gasteiger partial charge in [0.1, 0.15) is 0 Å². The summed E-state index contributed by atoms with van der Waals surface area (Å²) >= 11 is 1.11. The van der Waals surface area contributed by atoms with Crippen molar-refractivity contribution in [2.75, 3.05) is 0 Å². The number of esters is 1. The van der Waals surface area contributed by atoms with Crippen LogP contribution in [-0.2, 0) is 16.1 Å². The van der Waals surface area contributed by atoms with Crippen LogP contribution in [0.5, 0.6) is 0 Å². The third-order valence-corrected chi connectivity index (χ3v) is 4.41. The Morgan fingerprint density at radius 1 is 1.48 bits per heavy atom. The lowest BCUT2D eigenvalue weighted by Crippen LogP contribution is -2.18. The van der Waals surface area contributed by atoms with Crippen molar-refractivity contribution in [3.63, 3.8) is 0 Å². The fraction of sp³-hybridized carbons (Fsp3) is 0.312. The summed E-state index contributed by atoms with van der Waals surface area (Å²) < 4.78 is 12.0. The van der Waals surface area contributed by atoms with Gasteiger partial charge in [-0.05, 0) is 26.0 Å². The second-order valence-electron chi connectivity index (χ2n) is 5.37. The third kappa shape index (κ3) is 4.00. The number of nitrogens with zero attached hydrogens (tertiary/aromatic N) is 4. The monoisotopic (exact) mass is 360 g/mol. The Morgan fingerprint density at radius 3 is 3.00 bits per heavy atom. The van der Waals surface area contributed by atoms with Crippen molar-refractivity contribution in [2.24, 2.45) is 0 Å². The van der Waals surface area contributed by atoms with Crippen molar-refractivity contribution in [1.82, 2.24) is 19.7 Å². The minimum atomic E-state index is -0.675. The second-order valence-corrected chi connectivity index (χ2v) is 6.20. The number of carbonyl (C=O) groups is 1. The summed E-state index contributed by atoms with van der Waals surface area (Å²) in [6, 6.07) is 3.57. The first-order valence-corrected chi connectivity index (χ1v) is 8.51. The van der Waals surface area contributed by atoms with Gasteiger partial charge in [0.15, 0.2) is 6.10 Å². The first-order chi connectivity index (χ1) is 12.0. The molecule has 0 aliphatic rings. The Kier molecular flexibility index (Phi) is 5.03. The van der Waals surface area contributed by atoms with Gasteiger partial charge in [-0.15, -0.1) is 0 Å². The zero-order chi connectivity index (χ0) is 17.8. The van der Waals surface area contributed by atoms with E-state index in [0.717, 1.165) is 17.0 Å². The molecule has 0 amide bonds. The van der Waals surface area contributed by atoms with Crippen LogP contribution in [0, 0.1) is 6.92 Å². The minimum absolute atomic E-state index is 0.0867. The summed E-state index contributed by atoms with van der Waals surface area (Å²) in [4.78, 5) is 31.7. The van der Waals surface area contributed by atoms with Gasteiger partial charge in [0.05, 0.1) is 6.42 Å². The number of aromatic nitrogens is 4. The van der Waals surface area contributed by atoms with Gasteiger partial charge in [-0.25, -0.2) is 0 Å². The van der Waals surface area contributed by atoms with Crippen LogP contribution in [0.15, 0.2) is 39.2 Å². The molecule has 0 radical (unpaired) electrons. The molecule has 0 bridgehead atoms. The van der Waals surface area contributed by atoms with Gasteiger partial charge in [-0.1, -0.05) is 16.5 Å². The molecule has 1 atom stereocenters. The molecule has 0 aliphatic heterocycles. The molecule has 1 unspecified atom stereocenters. The molecule has 0 N–H and O–H groups in total. The van der Waals surface area contributed by atoms with E-state index < -0.39 is 12.1 Å². The van der Waals surface area contributed by atoms with Crippen LogP contribution in [0.25, 0.3) is 11.4 Å². The number of rotatable bonds is 6. The Hall–Kier alpha value is -2.81. The second kappa shape index (κ2) is 7.39. The number of aryl methyl sites for hydroxylation is 1. The van der Waals surface area contributed by atoms with E-state index in [1.54, 1.807) is 41.4 Å². The van der Waals surface area contributed by atoms with Crippen LogP contribution < -0.4 is 4.87 Å². The molecule has 0 aliphatic carbocycles. The van der Waals surface area contributed by atoms with Crippen LogP contribution >= 0.6 is 11.3 Å². The molecular formula is C16H16N4O4S. The molecule has 25 heavy (non-hydrogen) atoms. The highest BCUT2D eigenvalue weighted by molar-refractivity contribution is 7.07. The quantitative estimate of drug-likeness (QED) is 0.622. The summed E-state index contributed by atoms with van der Waals surface area (Å²) in [5.74, 6) is 0.147. The maximum Gasteiger partial charge on any atom is 0.308 e. The topological polar surface area (TPSA) is 100 Å². The molecule has 130 valence electrons. The van der Waals surface area contributed by atoms with Crippen LogP contribution in [0.3, 0.4) is 0 Å². The van der Waals surface area contributed by atoms with Crippen LogP contribution in [0.4, 0.5) is 0 Å². The van der Waals surface area contributed by atoms with Gasteiger partial charge in [-0.3, -0.25) is 14.6 Å². The lowest BCUT2D eigenvalue weighted by Gasteiger charge is -2.09. The fourth-order valence-electron chi connectivity index (χ4n) is 2.20. The third-order valence-electron chi connectivity index (χ3n) is 3.53. The number of ether oxygens (including phenoxy) is 1. The Morgan fingerprint density at radius 2 is 2.32 bits per heavy atom. The van der Waals surface area contributed by atoms with Gasteiger partial charge in [0.2, 0.25) is 5.82 Å². The Labute approximate surface area is 147 Å². The van der Waals surface area contributed by atoms with Crippen LogP contribution in [-0.4, -0.2) is 25.7 Å². The maximum absolute atomic E-state index is 12.0. The zero-order valence-electron chi connectivity index (χ0n) is 13.7. The molecule has 0 saturated heterocycles. The normalized spacial score (nSPS) is 12.1. The first kappa shape index (κ1) is 17.0. The van der Waals surface area contributed by atoms with Crippen LogP contribution in [0.2, 0.25) is 0 Å². The summed E-state index contributed by atoms with van der Waals surface area (Å²) in [6.45, 7) is 3.76. The van der Waals surface area contributed by atoms with E-state index in [-0.39, 0.29) is 23.7 Å². The van der Waals surface area contributed by atoms with Crippen molar-refractivity contribution < 1.29 is 14.1 Å². The Bertz CT molecular complexity index is 916. The molecule has 0 spiro atoms. The largest absolute Gasteiger partial charge is 0.452 e.